The highest BCUT2D eigenvalue weighted by Gasteiger charge is 2.11. The fourth-order valence-electron chi connectivity index (χ4n) is 1.53. The number of halogens is 1. The predicted octanol–water partition coefficient (Wildman–Crippen LogP) is 3.14. The molecule has 0 amide bonds. The number of ether oxygens (including phenoxy) is 1. The summed E-state index contributed by atoms with van der Waals surface area (Å²) < 4.78 is 5.19. The van der Waals surface area contributed by atoms with Crippen LogP contribution >= 0.6 is 11.6 Å². The molecule has 0 heterocycles. The zero-order chi connectivity index (χ0) is 11.1. The minimum Gasteiger partial charge on any atom is -0.496 e. The average molecular weight is 229 g/mol. The maximum atomic E-state index is 9.94. The van der Waals surface area contributed by atoms with Crippen LogP contribution < -0.4 is 4.74 Å². The van der Waals surface area contributed by atoms with Gasteiger partial charge in [0.1, 0.15) is 5.75 Å². The molecule has 1 rings (SSSR count). The molecule has 84 valence electrons. The van der Waals surface area contributed by atoms with Gasteiger partial charge in [-0.05, 0) is 25.3 Å². The maximum Gasteiger partial charge on any atom is 0.124 e. The van der Waals surface area contributed by atoms with Gasteiger partial charge < -0.3 is 9.84 Å². The van der Waals surface area contributed by atoms with Gasteiger partial charge in [-0.15, -0.1) is 11.6 Å². The van der Waals surface area contributed by atoms with E-state index in [-0.39, 0.29) is 0 Å². The van der Waals surface area contributed by atoms with Crippen LogP contribution in [0.1, 0.15) is 30.9 Å². The number of unbranched alkanes of at least 4 members (excludes halogenated alkanes) is 1. The van der Waals surface area contributed by atoms with Crippen LogP contribution in [-0.2, 0) is 0 Å². The second-order valence-corrected chi connectivity index (χ2v) is 3.82. The Bertz CT molecular complexity index is 289. The molecular weight excluding hydrogens is 212 g/mol. The summed E-state index contributed by atoms with van der Waals surface area (Å²) in [6, 6.07) is 7.56. The highest BCUT2D eigenvalue weighted by Crippen LogP contribution is 2.27. The molecule has 0 saturated carbocycles. The monoisotopic (exact) mass is 228 g/mol. The Morgan fingerprint density at radius 2 is 2.07 bits per heavy atom. The van der Waals surface area contributed by atoms with Gasteiger partial charge in [0.05, 0.1) is 13.2 Å². The first-order chi connectivity index (χ1) is 7.29. The Morgan fingerprint density at radius 1 is 1.33 bits per heavy atom. The number of hydrogen-bond donors (Lipinski definition) is 1. The summed E-state index contributed by atoms with van der Waals surface area (Å²) in [6.45, 7) is 0. The molecule has 1 aromatic carbocycles. The molecule has 0 fully saturated rings. The number of rotatable bonds is 6. The van der Waals surface area contributed by atoms with Crippen molar-refractivity contribution in [2.24, 2.45) is 0 Å². The van der Waals surface area contributed by atoms with E-state index in [9.17, 15) is 5.11 Å². The van der Waals surface area contributed by atoms with Gasteiger partial charge in [0.2, 0.25) is 0 Å². The molecule has 1 N–H and O–H groups in total. The predicted molar refractivity (Wildman–Crippen MR) is 62.5 cm³/mol. The zero-order valence-corrected chi connectivity index (χ0v) is 9.70. The molecule has 1 atom stereocenters. The number of aliphatic hydroxyl groups is 1. The van der Waals surface area contributed by atoms with Gasteiger partial charge in [0, 0.05) is 11.4 Å². The van der Waals surface area contributed by atoms with E-state index < -0.39 is 6.10 Å². The lowest BCUT2D eigenvalue weighted by atomic mass is 10.0. The van der Waals surface area contributed by atoms with Crippen molar-refractivity contribution < 1.29 is 9.84 Å². The van der Waals surface area contributed by atoms with Crippen LogP contribution in [-0.4, -0.2) is 18.1 Å². The Labute approximate surface area is 95.8 Å². The first-order valence-electron chi connectivity index (χ1n) is 5.16. The van der Waals surface area contributed by atoms with Gasteiger partial charge >= 0.3 is 0 Å². The van der Waals surface area contributed by atoms with Crippen molar-refractivity contribution in [2.75, 3.05) is 13.0 Å². The molecule has 0 radical (unpaired) electrons. The normalized spacial score (nSPS) is 12.5. The van der Waals surface area contributed by atoms with Crippen molar-refractivity contribution in [3.8, 4) is 5.75 Å². The molecule has 15 heavy (non-hydrogen) atoms. The molecule has 1 unspecified atom stereocenters. The van der Waals surface area contributed by atoms with Crippen LogP contribution in [0.3, 0.4) is 0 Å². The standard InChI is InChI=1S/C12H17ClO2/c1-15-12-8-3-2-6-10(12)11(14)7-4-5-9-13/h2-3,6,8,11,14H,4-5,7,9H2,1H3. The van der Waals surface area contributed by atoms with E-state index in [0.717, 1.165) is 30.6 Å². The minimum absolute atomic E-state index is 0.454. The van der Waals surface area contributed by atoms with Gasteiger partial charge in [-0.3, -0.25) is 0 Å². The molecule has 0 aliphatic heterocycles. The zero-order valence-electron chi connectivity index (χ0n) is 8.95. The summed E-state index contributed by atoms with van der Waals surface area (Å²) in [7, 11) is 1.62. The lowest BCUT2D eigenvalue weighted by Gasteiger charge is -2.14. The Kier molecular flexibility index (Phi) is 5.51. The van der Waals surface area contributed by atoms with Gasteiger partial charge in [0.25, 0.3) is 0 Å². The number of benzene rings is 1. The lowest BCUT2D eigenvalue weighted by molar-refractivity contribution is 0.160. The molecule has 3 heteroatoms. The Morgan fingerprint density at radius 3 is 2.73 bits per heavy atom. The summed E-state index contributed by atoms with van der Waals surface area (Å²) in [5.41, 5.74) is 0.856. The number of hydrogen-bond acceptors (Lipinski definition) is 2. The van der Waals surface area contributed by atoms with E-state index >= 15 is 0 Å². The molecule has 2 nitrogen and oxygen atoms in total. The van der Waals surface area contributed by atoms with Crippen molar-refractivity contribution in [3.05, 3.63) is 29.8 Å². The number of para-hydroxylation sites is 1. The smallest absolute Gasteiger partial charge is 0.124 e. The van der Waals surface area contributed by atoms with E-state index in [2.05, 4.69) is 0 Å². The second-order valence-electron chi connectivity index (χ2n) is 3.44. The van der Waals surface area contributed by atoms with E-state index in [1.165, 1.54) is 0 Å². The topological polar surface area (TPSA) is 29.5 Å². The van der Waals surface area contributed by atoms with Gasteiger partial charge in [-0.25, -0.2) is 0 Å². The molecule has 0 aliphatic carbocycles. The number of aliphatic hydroxyl groups excluding tert-OH is 1. The van der Waals surface area contributed by atoms with Crippen molar-refractivity contribution in [1.82, 2.24) is 0 Å². The highest BCUT2D eigenvalue weighted by atomic mass is 35.5. The molecule has 0 aliphatic rings. The van der Waals surface area contributed by atoms with Gasteiger partial charge in [0.15, 0.2) is 0 Å². The van der Waals surface area contributed by atoms with Crippen LogP contribution in [0, 0.1) is 0 Å². The molecular formula is C12H17ClO2. The third kappa shape index (κ3) is 3.73. The first kappa shape index (κ1) is 12.3. The van der Waals surface area contributed by atoms with E-state index in [1.54, 1.807) is 7.11 Å². The summed E-state index contributed by atoms with van der Waals surface area (Å²) in [5, 5.41) is 9.94. The SMILES string of the molecule is COc1ccccc1C(O)CCCCCl. The van der Waals surface area contributed by atoms with Gasteiger partial charge in [-0.1, -0.05) is 18.2 Å². The summed E-state index contributed by atoms with van der Waals surface area (Å²) in [5.74, 6) is 1.40. The largest absolute Gasteiger partial charge is 0.496 e. The number of alkyl halides is 1. The Hall–Kier alpha value is -0.730. The van der Waals surface area contributed by atoms with E-state index in [4.69, 9.17) is 16.3 Å². The van der Waals surface area contributed by atoms with Gasteiger partial charge in [-0.2, -0.15) is 0 Å². The quantitative estimate of drug-likeness (QED) is 0.599. The molecule has 0 saturated heterocycles. The summed E-state index contributed by atoms with van der Waals surface area (Å²) >= 11 is 5.58. The molecule has 0 spiro atoms. The van der Waals surface area contributed by atoms with Crippen LogP contribution in [0.5, 0.6) is 5.75 Å². The molecule has 0 aromatic heterocycles. The van der Waals surface area contributed by atoms with Crippen LogP contribution in [0.15, 0.2) is 24.3 Å². The average Bonchev–Trinajstić information content (AvgIpc) is 2.29. The molecule has 1 aromatic rings. The highest BCUT2D eigenvalue weighted by molar-refractivity contribution is 6.17. The second kappa shape index (κ2) is 6.70. The van der Waals surface area contributed by atoms with Crippen molar-refractivity contribution in [1.29, 1.82) is 0 Å². The van der Waals surface area contributed by atoms with Crippen LogP contribution in [0.25, 0.3) is 0 Å². The number of methoxy groups -OCH3 is 1. The first-order valence-corrected chi connectivity index (χ1v) is 5.70. The van der Waals surface area contributed by atoms with Crippen molar-refractivity contribution in [2.45, 2.75) is 25.4 Å². The van der Waals surface area contributed by atoms with E-state index in [0.29, 0.717) is 5.88 Å². The fourth-order valence-corrected chi connectivity index (χ4v) is 1.72. The third-order valence-corrected chi connectivity index (χ3v) is 2.63. The van der Waals surface area contributed by atoms with Crippen molar-refractivity contribution in [3.63, 3.8) is 0 Å². The third-order valence-electron chi connectivity index (χ3n) is 2.36. The molecule has 0 bridgehead atoms. The van der Waals surface area contributed by atoms with E-state index in [1.807, 2.05) is 24.3 Å². The van der Waals surface area contributed by atoms with Crippen molar-refractivity contribution >= 4 is 11.6 Å². The minimum atomic E-state index is -0.454. The Balaban J connectivity index is 2.59. The summed E-state index contributed by atoms with van der Waals surface area (Å²) in [6.07, 6.45) is 2.15. The fraction of sp³-hybridized carbons (Fsp3) is 0.500. The summed E-state index contributed by atoms with van der Waals surface area (Å²) in [4.78, 5) is 0. The van der Waals surface area contributed by atoms with Crippen LogP contribution in [0.2, 0.25) is 0 Å². The van der Waals surface area contributed by atoms with Crippen LogP contribution in [0.4, 0.5) is 0 Å². The maximum absolute atomic E-state index is 9.94. The lowest BCUT2D eigenvalue weighted by Crippen LogP contribution is -2.00.